The van der Waals surface area contributed by atoms with E-state index < -0.39 is 0 Å². The second-order valence-corrected chi connectivity index (χ2v) is 3.36. The summed E-state index contributed by atoms with van der Waals surface area (Å²) in [4.78, 5) is 10.8. The van der Waals surface area contributed by atoms with Gasteiger partial charge < -0.3 is 9.47 Å². The number of methoxy groups -OCH3 is 2. The quantitative estimate of drug-likeness (QED) is 0.444. The van der Waals surface area contributed by atoms with Crippen molar-refractivity contribution in [3.8, 4) is 5.75 Å². The lowest BCUT2D eigenvalue weighted by Crippen LogP contribution is -1.92. The lowest BCUT2D eigenvalue weighted by molar-refractivity contribution is -0.134. The molecule has 0 unspecified atom stereocenters. The number of hydrogen-bond donors (Lipinski definition) is 0. The third-order valence-corrected chi connectivity index (χ3v) is 2.19. The van der Waals surface area contributed by atoms with Crippen LogP contribution >= 0.6 is 0 Å². The molecule has 0 fully saturated rings. The minimum absolute atomic E-state index is 0.348. The van der Waals surface area contributed by atoms with Crippen molar-refractivity contribution >= 4 is 5.97 Å². The molecule has 1 aromatic carbocycles. The van der Waals surface area contributed by atoms with E-state index in [4.69, 9.17) is 4.74 Å². The molecule has 0 atom stereocenters. The standard InChI is InChI=1S/C14H16O3/c1-16-13-10-8-12(9-11-13)6-4-3-5-7-14(15)17-2/h3-5,7-11H,6H2,1-2H3/b4-3+,7-5+. The molecular weight excluding hydrogens is 216 g/mol. The number of benzene rings is 1. The molecule has 3 heteroatoms. The Morgan fingerprint density at radius 2 is 1.88 bits per heavy atom. The Kier molecular flexibility index (Phi) is 5.58. The molecule has 17 heavy (non-hydrogen) atoms. The minimum atomic E-state index is -0.348. The van der Waals surface area contributed by atoms with E-state index in [0.29, 0.717) is 0 Å². The first kappa shape index (κ1) is 13.0. The van der Waals surface area contributed by atoms with Crippen LogP contribution in [0.5, 0.6) is 5.75 Å². The maximum absolute atomic E-state index is 10.8. The van der Waals surface area contributed by atoms with Crippen molar-refractivity contribution in [2.45, 2.75) is 6.42 Å². The van der Waals surface area contributed by atoms with Crippen molar-refractivity contribution in [2.24, 2.45) is 0 Å². The molecule has 0 spiro atoms. The summed E-state index contributed by atoms with van der Waals surface area (Å²) < 4.78 is 9.54. The predicted octanol–water partition coefficient (Wildman–Crippen LogP) is 2.52. The van der Waals surface area contributed by atoms with Crippen molar-refractivity contribution < 1.29 is 14.3 Å². The zero-order valence-electron chi connectivity index (χ0n) is 10.1. The first-order valence-corrected chi connectivity index (χ1v) is 5.30. The van der Waals surface area contributed by atoms with Gasteiger partial charge in [-0.1, -0.05) is 30.4 Å². The number of allylic oxidation sites excluding steroid dienone is 3. The van der Waals surface area contributed by atoms with E-state index in [1.807, 2.05) is 36.4 Å². The average Bonchev–Trinajstić information content (AvgIpc) is 2.38. The Labute approximate surface area is 101 Å². The Morgan fingerprint density at radius 3 is 2.47 bits per heavy atom. The second-order valence-electron chi connectivity index (χ2n) is 3.36. The average molecular weight is 232 g/mol. The zero-order chi connectivity index (χ0) is 12.5. The van der Waals surface area contributed by atoms with Gasteiger partial charge in [0, 0.05) is 6.08 Å². The molecule has 0 aromatic heterocycles. The molecule has 0 radical (unpaired) electrons. The van der Waals surface area contributed by atoms with Gasteiger partial charge in [0.05, 0.1) is 14.2 Å². The summed E-state index contributed by atoms with van der Waals surface area (Å²) >= 11 is 0. The van der Waals surface area contributed by atoms with Crippen LogP contribution in [0.4, 0.5) is 0 Å². The van der Waals surface area contributed by atoms with Crippen molar-refractivity contribution in [1.29, 1.82) is 0 Å². The summed E-state index contributed by atoms with van der Waals surface area (Å²) in [5, 5.41) is 0. The second kappa shape index (κ2) is 7.28. The molecule has 0 N–H and O–H groups in total. The van der Waals surface area contributed by atoms with Crippen molar-refractivity contribution in [3.63, 3.8) is 0 Å². The molecule has 1 aromatic rings. The van der Waals surface area contributed by atoms with Crippen LogP contribution in [0.1, 0.15) is 5.56 Å². The highest BCUT2D eigenvalue weighted by molar-refractivity contribution is 5.82. The van der Waals surface area contributed by atoms with E-state index in [9.17, 15) is 4.79 Å². The Balaban J connectivity index is 2.41. The highest BCUT2D eigenvalue weighted by Gasteiger charge is 1.91. The van der Waals surface area contributed by atoms with E-state index in [-0.39, 0.29) is 5.97 Å². The number of rotatable bonds is 5. The van der Waals surface area contributed by atoms with Crippen molar-refractivity contribution in [3.05, 3.63) is 54.1 Å². The minimum Gasteiger partial charge on any atom is -0.497 e. The maximum atomic E-state index is 10.8. The van der Waals surface area contributed by atoms with Gasteiger partial charge in [0.2, 0.25) is 0 Å². The Bertz CT molecular complexity index is 402. The van der Waals surface area contributed by atoms with E-state index in [1.54, 1.807) is 13.2 Å². The van der Waals surface area contributed by atoms with Crippen LogP contribution in [0.15, 0.2) is 48.6 Å². The molecule has 1 rings (SSSR count). The van der Waals surface area contributed by atoms with Crippen molar-refractivity contribution in [1.82, 2.24) is 0 Å². The van der Waals surface area contributed by atoms with Gasteiger partial charge in [-0.25, -0.2) is 4.79 Å². The van der Waals surface area contributed by atoms with Crippen LogP contribution < -0.4 is 4.74 Å². The third kappa shape index (κ3) is 5.02. The van der Waals surface area contributed by atoms with Gasteiger partial charge >= 0.3 is 5.97 Å². The first-order chi connectivity index (χ1) is 8.26. The van der Waals surface area contributed by atoms with E-state index in [2.05, 4.69) is 4.74 Å². The summed E-state index contributed by atoms with van der Waals surface area (Å²) in [5.41, 5.74) is 1.19. The topological polar surface area (TPSA) is 35.5 Å². The molecule has 0 aliphatic heterocycles. The third-order valence-electron chi connectivity index (χ3n) is 2.19. The summed E-state index contributed by atoms with van der Waals surface area (Å²) in [6, 6.07) is 7.86. The zero-order valence-corrected chi connectivity index (χ0v) is 10.1. The largest absolute Gasteiger partial charge is 0.497 e. The number of esters is 1. The molecule has 0 amide bonds. The molecular formula is C14H16O3. The van der Waals surface area contributed by atoms with Crippen molar-refractivity contribution in [2.75, 3.05) is 14.2 Å². The van der Waals surface area contributed by atoms with Gasteiger partial charge in [0.1, 0.15) is 5.75 Å². The monoisotopic (exact) mass is 232 g/mol. The number of carbonyl (C=O) groups is 1. The number of hydrogen-bond acceptors (Lipinski definition) is 3. The number of carbonyl (C=O) groups excluding carboxylic acids is 1. The fourth-order valence-electron chi connectivity index (χ4n) is 1.25. The highest BCUT2D eigenvalue weighted by atomic mass is 16.5. The van der Waals surface area contributed by atoms with Crippen LogP contribution in [0, 0.1) is 0 Å². The van der Waals surface area contributed by atoms with Crippen LogP contribution in [-0.4, -0.2) is 20.2 Å². The van der Waals surface area contributed by atoms with E-state index in [1.165, 1.54) is 18.7 Å². The molecule has 3 nitrogen and oxygen atoms in total. The predicted molar refractivity (Wildman–Crippen MR) is 67.0 cm³/mol. The summed E-state index contributed by atoms with van der Waals surface area (Å²) in [5.74, 6) is 0.502. The maximum Gasteiger partial charge on any atom is 0.330 e. The SMILES string of the molecule is COC(=O)/C=C/C=C/Cc1ccc(OC)cc1. The summed E-state index contributed by atoms with van der Waals surface area (Å²) in [6.45, 7) is 0. The Hall–Kier alpha value is -2.03. The van der Waals surface area contributed by atoms with Gasteiger partial charge in [0.15, 0.2) is 0 Å². The molecule has 90 valence electrons. The van der Waals surface area contributed by atoms with E-state index >= 15 is 0 Å². The molecule has 0 saturated heterocycles. The lowest BCUT2D eigenvalue weighted by atomic mass is 10.1. The summed E-state index contributed by atoms with van der Waals surface area (Å²) in [6.07, 6.45) is 7.65. The molecule has 0 bridgehead atoms. The smallest absolute Gasteiger partial charge is 0.330 e. The Morgan fingerprint density at radius 1 is 1.18 bits per heavy atom. The van der Waals surface area contributed by atoms with Crippen LogP contribution in [0.2, 0.25) is 0 Å². The van der Waals surface area contributed by atoms with Gasteiger partial charge in [-0.2, -0.15) is 0 Å². The fraction of sp³-hybridized carbons (Fsp3) is 0.214. The van der Waals surface area contributed by atoms with Gasteiger partial charge in [-0.05, 0) is 24.1 Å². The summed E-state index contributed by atoms with van der Waals surface area (Å²) in [7, 11) is 3.00. The van der Waals surface area contributed by atoms with E-state index in [0.717, 1.165) is 12.2 Å². The lowest BCUT2D eigenvalue weighted by Gasteiger charge is -2.00. The van der Waals surface area contributed by atoms with Gasteiger partial charge in [-0.15, -0.1) is 0 Å². The molecule has 0 heterocycles. The number of ether oxygens (including phenoxy) is 2. The molecule has 0 aliphatic carbocycles. The van der Waals surface area contributed by atoms with Gasteiger partial charge in [0.25, 0.3) is 0 Å². The molecule has 0 aliphatic rings. The van der Waals surface area contributed by atoms with Gasteiger partial charge in [-0.3, -0.25) is 0 Å². The highest BCUT2D eigenvalue weighted by Crippen LogP contribution is 2.11. The normalized spacial score (nSPS) is 10.9. The first-order valence-electron chi connectivity index (χ1n) is 5.30. The fourth-order valence-corrected chi connectivity index (χ4v) is 1.25. The molecule has 0 saturated carbocycles. The van der Waals surface area contributed by atoms with Crippen LogP contribution in [-0.2, 0) is 16.0 Å². The van der Waals surface area contributed by atoms with Crippen LogP contribution in [0.25, 0.3) is 0 Å². The van der Waals surface area contributed by atoms with Crippen LogP contribution in [0.3, 0.4) is 0 Å².